The molecule has 0 saturated heterocycles. The van der Waals surface area contributed by atoms with Crippen molar-refractivity contribution >= 4 is 27.5 Å². The van der Waals surface area contributed by atoms with Crippen LogP contribution in [0.2, 0.25) is 5.02 Å². The van der Waals surface area contributed by atoms with Gasteiger partial charge in [0, 0.05) is 9.50 Å². The van der Waals surface area contributed by atoms with Gasteiger partial charge in [0.25, 0.3) is 0 Å². The Morgan fingerprint density at radius 3 is 2.53 bits per heavy atom. The molecular weight excluding hydrogens is 326 g/mol. The summed E-state index contributed by atoms with van der Waals surface area (Å²) in [4.78, 5) is 0. The molecule has 19 heavy (non-hydrogen) atoms. The monoisotopic (exact) mass is 339 g/mol. The zero-order valence-corrected chi connectivity index (χ0v) is 13.1. The van der Waals surface area contributed by atoms with Crippen LogP contribution in [0.15, 0.2) is 40.9 Å². The Morgan fingerprint density at radius 1 is 1.16 bits per heavy atom. The number of methoxy groups -OCH3 is 1. The molecule has 0 fully saturated rings. The lowest BCUT2D eigenvalue weighted by atomic mass is 9.96. The zero-order chi connectivity index (χ0) is 14.0. The Balaban J connectivity index is 2.43. The predicted molar refractivity (Wildman–Crippen MR) is 82.9 cm³/mol. The number of halogens is 2. The Kier molecular flexibility index (Phi) is 4.50. The molecule has 2 nitrogen and oxygen atoms in total. The van der Waals surface area contributed by atoms with Crippen molar-refractivity contribution < 1.29 is 4.74 Å². The van der Waals surface area contributed by atoms with Crippen LogP contribution in [-0.4, -0.2) is 7.11 Å². The van der Waals surface area contributed by atoms with E-state index in [-0.39, 0.29) is 6.04 Å². The normalized spacial score (nSPS) is 12.3. The summed E-state index contributed by atoms with van der Waals surface area (Å²) in [7, 11) is 1.61. The third-order valence-corrected chi connectivity index (χ3v) is 3.94. The fourth-order valence-electron chi connectivity index (χ4n) is 2.00. The highest BCUT2D eigenvalue weighted by Crippen LogP contribution is 2.32. The predicted octanol–water partition coefficient (Wildman–Crippen LogP) is 4.47. The summed E-state index contributed by atoms with van der Waals surface area (Å²) in [6.45, 7) is 2.04. The molecule has 2 aromatic carbocycles. The standard InChI is InChI=1S/C15H15BrClNO/c1-9-3-4-10(16)7-13(9)15(18)12-6-5-11(19-2)8-14(12)17/h3-8,15H,18H2,1-2H3. The maximum absolute atomic E-state index is 6.33. The fraction of sp³-hybridized carbons (Fsp3) is 0.200. The fourth-order valence-corrected chi connectivity index (χ4v) is 2.67. The molecule has 0 heterocycles. The van der Waals surface area contributed by atoms with E-state index in [1.807, 2.05) is 37.3 Å². The molecule has 0 spiro atoms. The zero-order valence-electron chi connectivity index (χ0n) is 10.8. The molecule has 1 atom stereocenters. The summed E-state index contributed by atoms with van der Waals surface area (Å²) in [6, 6.07) is 11.4. The number of hydrogen-bond donors (Lipinski definition) is 1. The Bertz CT molecular complexity index is 601. The summed E-state index contributed by atoms with van der Waals surface area (Å²) in [6.07, 6.45) is 0. The third kappa shape index (κ3) is 3.11. The van der Waals surface area contributed by atoms with Crippen molar-refractivity contribution in [3.8, 4) is 5.75 Å². The molecule has 0 aliphatic carbocycles. The second kappa shape index (κ2) is 5.95. The average molecular weight is 341 g/mol. The van der Waals surface area contributed by atoms with E-state index in [2.05, 4.69) is 15.9 Å². The van der Waals surface area contributed by atoms with E-state index in [4.69, 9.17) is 22.1 Å². The SMILES string of the molecule is COc1ccc(C(N)c2cc(Br)ccc2C)c(Cl)c1. The van der Waals surface area contributed by atoms with E-state index in [0.29, 0.717) is 5.02 Å². The van der Waals surface area contributed by atoms with Gasteiger partial charge in [-0.25, -0.2) is 0 Å². The van der Waals surface area contributed by atoms with Crippen molar-refractivity contribution in [3.05, 3.63) is 62.6 Å². The minimum atomic E-state index is -0.254. The molecule has 1 unspecified atom stereocenters. The molecule has 2 rings (SSSR count). The van der Waals surface area contributed by atoms with Crippen LogP contribution in [0.3, 0.4) is 0 Å². The molecule has 100 valence electrons. The molecule has 0 aromatic heterocycles. The number of nitrogens with two attached hydrogens (primary N) is 1. The third-order valence-electron chi connectivity index (χ3n) is 3.12. The highest BCUT2D eigenvalue weighted by Gasteiger charge is 2.15. The first-order valence-electron chi connectivity index (χ1n) is 5.88. The summed E-state index contributed by atoms with van der Waals surface area (Å²) in [5.41, 5.74) is 9.42. The molecule has 0 aliphatic rings. The Labute approximate surface area is 126 Å². The maximum Gasteiger partial charge on any atom is 0.120 e. The highest BCUT2D eigenvalue weighted by atomic mass is 79.9. The topological polar surface area (TPSA) is 35.2 Å². The van der Waals surface area contributed by atoms with Crippen molar-refractivity contribution in [2.24, 2.45) is 5.73 Å². The molecule has 4 heteroatoms. The van der Waals surface area contributed by atoms with Crippen molar-refractivity contribution in [1.29, 1.82) is 0 Å². The first kappa shape index (κ1) is 14.4. The Morgan fingerprint density at radius 2 is 1.89 bits per heavy atom. The second-order valence-corrected chi connectivity index (χ2v) is 5.69. The summed E-state index contributed by atoms with van der Waals surface area (Å²) < 4.78 is 6.15. The highest BCUT2D eigenvalue weighted by molar-refractivity contribution is 9.10. The van der Waals surface area contributed by atoms with Crippen LogP contribution in [0.4, 0.5) is 0 Å². The van der Waals surface area contributed by atoms with Gasteiger partial charge in [-0.2, -0.15) is 0 Å². The molecule has 0 aliphatic heterocycles. The van der Waals surface area contributed by atoms with Crippen molar-refractivity contribution in [3.63, 3.8) is 0 Å². The van der Waals surface area contributed by atoms with E-state index in [9.17, 15) is 0 Å². The van der Waals surface area contributed by atoms with Gasteiger partial charge in [0.05, 0.1) is 13.2 Å². The van der Waals surface area contributed by atoms with Gasteiger partial charge >= 0.3 is 0 Å². The first-order valence-corrected chi connectivity index (χ1v) is 7.05. The van der Waals surface area contributed by atoms with Gasteiger partial charge in [-0.1, -0.05) is 39.7 Å². The van der Waals surface area contributed by atoms with Crippen LogP contribution >= 0.6 is 27.5 Å². The number of aryl methyl sites for hydroxylation is 1. The molecule has 2 N–H and O–H groups in total. The van der Waals surface area contributed by atoms with E-state index < -0.39 is 0 Å². The van der Waals surface area contributed by atoms with Gasteiger partial charge < -0.3 is 10.5 Å². The number of benzene rings is 2. The number of rotatable bonds is 3. The lowest BCUT2D eigenvalue weighted by Gasteiger charge is -2.17. The minimum absolute atomic E-state index is 0.254. The smallest absolute Gasteiger partial charge is 0.120 e. The van der Waals surface area contributed by atoms with Crippen molar-refractivity contribution in [1.82, 2.24) is 0 Å². The van der Waals surface area contributed by atoms with Gasteiger partial charge in [-0.05, 0) is 47.9 Å². The minimum Gasteiger partial charge on any atom is -0.497 e. The van der Waals surface area contributed by atoms with Crippen LogP contribution in [0.5, 0.6) is 5.75 Å². The van der Waals surface area contributed by atoms with Crippen LogP contribution in [0.1, 0.15) is 22.7 Å². The number of hydrogen-bond acceptors (Lipinski definition) is 2. The van der Waals surface area contributed by atoms with Crippen molar-refractivity contribution in [2.45, 2.75) is 13.0 Å². The van der Waals surface area contributed by atoms with Crippen molar-refractivity contribution in [2.75, 3.05) is 7.11 Å². The van der Waals surface area contributed by atoms with Gasteiger partial charge in [0.15, 0.2) is 0 Å². The Hall–Kier alpha value is -1.03. The van der Waals surface area contributed by atoms with Crippen LogP contribution in [0.25, 0.3) is 0 Å². The van der Waals surface area contributed by atoms with Crippen LogP contribution in [0, 0.1) is 6.92 Å². The lowest BCUT2D eigenvalue weighted by Crippen LogP contribution is -2.13. The van der Waals surface area contributed by atoms with Crippen LogP contribution in [-0.2, 0) is 0 Å². The first-order chi connectivity index (χ1) is 9.02. The molecule has 2 aromatic rings. The molecule has 0 saturated carbocycles. The quantitative estimate of drug-likeness (QED) is 0.895. The van der Waals surface area contributed by atoms with Gasteiger partial charge in [-0.15, -0.1) is 0 Å². The molecule has 0 radical (unpaired) electrons. The van der Waals surface area contributed by atoms with E-state index in [1.54, 1.807) is 13.2 Å². The largest absolute Gasteiger partial charge is 0.497 e. The lowest BCUT2D eigenvalue weighted by molar-refractivity contribution is 0.414. The summed E-state index contributed by atoms with van der Waals surface area (Å²) in [5.74, 6) is 0.729. The second-order valence-electron chi connectivity index (χ2n) is 4.37. The van der Waals surface area contributed by atoms with Crippen LogP contribution < -0.4 is 10.5 Å². The molecule has 0 bridgehead atoms. The maximum atomic E-state index is 6.33. The summed E-state index contributed by atoms with van der Waals surface area (Å²) >= 11 is 9.74. The molecular formula is C15H15BrClNO. The molecule has 0 amide bonds. The summed E-state index contributed by atoms with van der Waals surface area (Å²) in [5, 5.41) is 0.617. The van der Waals surface area contributed by atoms with E-state index >= 15 is 0 Å². The average Bonchev–Trinajstić information content (AvgIpc) is 2.40. The van der Waals surface area contributed by atoms with Gasteiger partial charge in [0.2, 0.25) is 0 Å². The van der Waals surface area contributed by atoms with Gasteiger partial charge in [-0.3, -0.25) is 0 Å². The van der Waals surface area contributed by atoms with E-state index in [1.165, 1.54) is 0 Å². The van der Waals surface area contributed by atoms with Gasteiger partial charge in [0.1, 0.15) is 5.75 Å². The van der Waals surface area contributed by atoms with E-state index in [0.717, 1.165) is 26.9 Å². The number of ether oxygens (including phenoxy) is 1.